The summed E-state index contributed by atoms with van der Waals surface area (Å²) in [4.78, 5) is 26.7. The lowest BCUT2D eigenvalue weighted by atomic mass is 10.1. The molecule has 134 valence electrons. The topological polar surface area (TPSA) is 78.4 Å². The van der Waals surface area contributed by atoms with Crippen LogP contribution in [0.2, 0.25) is 0 Å². The SMILES string of the molecule is O=C(NCc1cccc(O)c1)c1ccc2c(c1)NC(=O)c1ccccc1S2. The van der Waals surface area contributed by atoms with E-state index in [4.69, 9.17) is 0 Å². The number of anilines is 1. The maximum absolute atomic E-state index is 12.5. The lowest BCUT2D eigenvalue weighted by molar-refractivity contribution is 0.0949. The Morgan fingerprint density at radius 3 is 2.70 bits per heavy atom. The molecule has 0 spiro atoms. The number of carbonyl (C=O) groups is 2. The Hall–Kier alpha value is -3.25. The predicted octanol–water partition coefficient (Wildman–Crippen LogP) is 4.04. The van der Waals surface area contributed by atoms with Gasteiger partial charge in [-0.15, -0.1) is 0 Å². The van der Waals surface area contributed by atoms with E-state index < -0.39 is 0 Å². The van der Waals surface area contributed by atoms with Crippen molar-refractivity contribution >= 4 is 29.3 Å². The number of nitrogens with one attached hydrogen (secondary N) is 2. The number of phenols is 1. The molecule has 0 radical (unpaired) electrons. The molecule has 2 amide bonds. The first-order chi connectivity index (χ1) is 13.1. The minimum absolute atomic E-state index is 0.158. The molecule has 1 heterocycles. The number of aromatic hydroxyl groups is 1. The van der Waals surface area contributed by atoms with Crippen LogP contribution >= 0.6 is 11.8 Å². The number of amides is 2. The molecule has 1 aliphatic rings. The molecule has 0 saturated heterocycles. The molecular formula is C21H16N2O3S. The van der Waals surface area contributed by atoms with Crippen molar-refractivity contribution in [3.8, 4) is 5.75 Å². The molecule has 3 N–H and O–H groups in total. The van der Waals surface area contributed by atoms with Crippen LogP contribution < -0.4 is 10.6 Å². The number of hydrogen-bond donors (Lipinski definition) is 3. The summed E-state index contributed by atoms with van der Waals surface area (Å²) in [6.45, 7) is 0.302. The zero-order valence-corrected chi connectivity index (χ0v) is 15.0. The van der Waals surface area contributed by atoms with Gasteiger partial charge in [0.05, 0.1) is 11.3 Å². The Kier molecular flexibility index (Phi) is 4.56. The Morgan fingerprint density at radius 2 is 1.85 bits per heavy atom. The predicted molar refractivity (Wildman–Crippen MR) is 104 cm³/mol. The van der Waals surface area contributed by atoms with Gasteiger partial charge in [-0.1, -0.05) is 36.0 Å². The van der Waals surface area contributed by atoms with Crippen LogP contribution in [-0.4, -0.2) is 16.9 Å². The first kappa shape index (κ1) is 17.2. The fraction of sp³-hybridized carbons (Fsp3) is 0.0476. The van der Waals surface area contributed by atoms with E-state index in [-0.39, 0.29) is 17.6 Å². The highest BCUT2D eigenvalue weighted by Gasteiger charge is 2.20. The van der Waals surface area contributed by atoms with Crippen LogP contribution in [-0.2, 0) is 6.54 Å². The van der Waals surface area contributed by atoms with E-state index in [0.717, 1.165) is 15.4 Å². The third kappa shape index (κ3) is 3.66. The van der Waals surface area contributed by atoms with Crippen molar-refractivity contribution in [1.29, 1.82) is 0 Å². The second kappa shape index (κ2) is 7.17. The highest BCUT2D eigenvalue weighted by molar-refractivity contribution is 7.99. The average Bonchev–Trinajstić information content (AvgIpc) is 2.81. The maximum Gasteiger partial charge on any atom is 0.256 e. The van der Waals surface area contributed by atoms with Gasteiger partial charge >= 0.3 is 0 Å². The van der Waals surface area contributed by atoms with Crippen LogP contribution in [0.3, 0.4) is 0 Å². The van der Waals surface area contributed by atoms with E-state index in [2.05, 4.69) is 10.6 Å². The quantitative estimate of drug-likeness (QED) is 0.645. The molecule has 0 unspecified atom stereocenters. The molecule has 3 aromatic rings. The normalized spacial score (nSPS) is 12.4. The van der Waals surface area contributed by atoms with E-state index in [1.165, 1.54) is 11.8 Å². The van der Waals surface area contributed by atoms with Gasteiger partial charge in [-0.25, -0.2) is 0 Å². The number of phenolic OH excluding ortho intramolecular Hbond substituents is 1. The number of rotatable bonds is 3. The van der Waals surface area contributed by atoms with Crippen LogP contribution in [0, 0.1) is 0 Å². The van der Waals surface area contributed by atoms with Gasteiger partial charge in [0.2, 0.25) is 0 Å². The molecule has 27 heavy (non-hydrogen) atoms. The zero-order chi connectivity index (χ0) is 18.8. The lowest BCUT2D eigenvalue weighted by Crippen LogP contribution is -2.23. The van der Waals surface area contributed by atoms with Gasteiger partial charge in [-0.3, -0.25) is 9.59 Å². The van der Waals surface area contributed by atoms with E-state index in [9.17, 15) is 14.7 Å². The van der Waals surface area contributed by atoms with Gasteiger partial charge in [-0.2, -0.15) is 0 Å². The van der Waals surface area contributed by atoms with E-state index in [1.54, 1.807) is 36.4 Å². The molecular weight excluding hydrogens is 360 g/mol. The molecule has 0 aliphatic carbocycles. The third-order valence-electron chi connectivity index (χ3n) is 4.21. The molecule has 0 atom stereocenters. The fourth-order valence-corrected chi connectivity index (χ4v) is 3.87. The number of carbonyl (C=O) groups excluding carboxylic acids is 2. The van der Waals surface area contributed by atoms with Crippen molar-refractivity contribution in [1.82, 2.24) is 5.32 Å². The van der Waals surface area contributed by atoms with Crippen molar-refractivity contribution in [2.45, 2.75) is 16.3 Å². The minimum atomic E-state index is -0.248. The first-order valence-electron chi connectivity index (χ1n) is 8.38. The van der Waals surface area contributed by atoms with E-state index in [0.29, 0.717) is 23.4 Å². The summed E-state index contributed by atoms with van der Waals surface area (Å²) >= 11 is 1.50. The van der Waals surface area contributed by atoms with Crippen LogP contribution in [0.5, 0.6) is 5.75 Å². The number of fused-ring (bicyclic) bond motifs is 2. The van der Waals surface area contributed by atoms with Crippen molar-refractivity contribution in [3.63, 3.8) is 0 Å². The van der Waals surface area contributed by atoms with Gasteiger partial charge in [0, 0.05) is 21.9 Å². The monoisotopic (exact) mass is 376 g/mol. The molecule has 0 fully saturated rings. The second-order valence-corrected chi connectivity index (χ2v) is 7.20. The Labute approximate surface area is 160 Å². The minimum Gasteiger partial charge on any atom is -0.508 e. The van der Waals surface area contributed by atoms with Gasteiger partial charge in [0.1, 0.15) is 5.75 Å². The largest absolute Gasteiger partial charge is 0.508 e. The molecule has 0 bridgehead atoms. The Bertz CT molecular complexity index is 1050. The summed E-state index contributed by atoms with van der Waals surface area (Å²) in [6, 6.07) is 19.4. The van der Waals surface area contributed by atoms with Crippen LogP contribution in [0.15, 0.2) is 76.5 Å². The van der Waals surface area contributed by atoms with Crippen LogP contribution in [0.25, 0.3) is 0 Å². The maximum atomic E-state index is 12.5. The van der Waals surface area contributed by atoms with E-state index >= 15 is 0 Å². The van der Waals surface area contributed by atoms with Crippen LogP contribution in [0.4, 0.5) is 5.69 Å². The summed E-state index contributed by atoms with van der Waals surface area (Å²) in [5.41, 5.74) is 2.50. The smallest absolute Gasteiger partial charge is 0.256 e. The van der Waals surface area contributed by atoms with Crippen molar-refractivity contribution < 1.29 is 14.7 Å². The highest BCUT2D eigenvalue weighted by atomic mass is 32.2. The summed E-state index contributed by atoms with van der Waals surface area (Å²) in [6.07, 6.45) is 0. The second-order valence-electron chi connectivity index (χ2n) is 6.12. The highest BCUT2D eigenvalue weighted by Crippen LogP contribution is 2.38. The summed E-state index contributed by atoms with van der Waals surface area (Å²) in [7, 11) is 0. The van der Waals surface area contributed by atoms with E-state index in [1.807, 2.05) is 30.3 Å². The van der Waals surface area contributed by atoms with Gasteiger partial charge in [0.25, 0.3) is 11.8 Å². The molecule has 6 heteroatoms. The Morgan fingerprint density at radius 1 is 1.00 bits per heavy atom. The number of benzene rings is 3. The lowest BCUT2D eigenvalue weighted by Gasteiger charge is -2.10. The van der Waals surface area contributed by atoms with Gasteiger partial charge in [0.15, 0.2) is 0 Å². The third-order valence-corrected chi connectivity index (χ3v) is 5.36. The molecule has 5 nitrogen and oxygen atoms in total. The standard InChI is InChI=1S/C21H16N2O3S/c24-15-5-3-4-13(10-15)12-22-20(25)14-8-9-19-17(11-14)23-21(26)16-6-1-2-7-18(16)27-19/h1-11,24H,12H2,(H,22,25)(H,23,26). The molecule has 3 aromatic carbocycles. The summed E-state index contributed by atoms with van der Waals surface area (Å²) in [5, 5.41) is 15.2. The molecule has 0 saturated carbocycles. The van der Waals surface area contributed by atoms with Gasteiger partial charge < -0.3 is 15.7 Å². The zero-order valence-electron chi connectivity index (χ0n) is 14.2. The Balaban J connectivity index is 1.54. The van der Waals surface area contributed by atoms with Gasteiger partial charge in [-0.05, 0) is 48.0 Å². The van der Waals surface area contributed by atoms with Crippen LogP contribution in [0.1, 0.15) is 26.3 Å². The van der Waals surface area contributed by atoms with Crippen molar-refractivity contribution in [2.24, 2.45) is 0 Å². The molecule has 1 aliphatic heterocycles. The molecule has 0 aromatic heterocycles. The van der Waals surface area contributed by atoms with Crippen molar-refractivity contribution in [2.75, 3.05) is 5.32 Å². The van der Waals surface area contributed by atoms with Crippen molar-refractivity contribution in [3.05, 3.63) is 83.4 Å². The first-order valence-corrected chi connectivity index (χ1v) is 9.20. The number of hydrogen-bond acceptors (Lipinski definition) is 4. The summed E-state index contributed by atoms with van der Waals surface area (Å²) in [5.74, 6) is -0.276. The molecule has 4 rings (SSSR count). The summed E-state index contributed by atoms with van der Waals surface area (Å²) < 4.78 is 0. The fourth-order valence-electron chi connectivity index (χ4n) is 2.86. The average molecular weight is 376 g/mol.